The molecule has 226 valence electrons. The van der Waals surface area contributed by atoms with E-state index in [-0.39, 0.29) is 32.7 Å². The fourth-order valence-electron chi connectivity index (χ4n) is 4.31. The summed E-state index contributed by atoms with van der Waals surface area (Å²) < 4.78 is 60.1. The topological polar surface area (TPSA) is 125 Å². The summed E-state index contributed by atoms with van der Waals surface area (Å²) in [5, 5.41) is 13.8. The minimum Gasteiger partial charge on any atom is -0.475 e. The summed E-state index contributed by atoms with van der Waals surface area (Å²) in [6.45, 7) is 1.36. The number of aliphatic carboxylic acids is 1. The van der Waals surface area contributed by atoms with Crippen molar-refractivity contribution >= 4 is 45.1 Å². The lowest BCUT2D eigenvalue weighted by Gasteiger charge is -2.30. The molecule has 0 unspecified atom stereocenters. The Kier molecular flexibility index (Phi) is 11.8. The number of carbonyl (C=O) groups excluding carboxylic acids is 1. The van der Waals surface area contributed by atoms with Crippen molar-refractivity contribution in [1.29, 1.82) is 0 Å². The fourth-order valence-corrected chi connectivity index (χ4v) is 5.95. The van der Waals surface area contributed by atoms with Gasteiger partial charge in [-0.05, 0) is 35.7 Å². The van der Waals surface area contributed by atoms with E-state index in [2.05, 4.69) is 39.6 Å². The largest absolute Gasteiger partial charge is 0.490 e. The highest BCUT2D eigenvalue weighted by Gasteiger charge is 2.38. The van der Waals surface area contributed by atoms with E-state index in [9.17, 15) is 26.4 Å². The van der Waals surface area contributed by atoms with Crippen molar-refractivity contribution in [3.8, 4) is 0 Å². The maximum absolute atomic E-state index is 13.1. The van der Waals surface area contributed by atoms with Gasteiger partial charge in [-0.3, -0.25) is 4.79 Å². The number of carbonyl (C=O) groups is 2. The van der Waals surface area contributed by atoms with Gasteiger partial charge in [0.2, 0.25) is 15.9 Å². The zero-order chi connectivity index (χ0) is 30.9. The van der Waals surface area contributed by atoms with Crippen LogP contribution in [0, 0.1) is 5.92 Å². The van der Waals surface area contributed by atoms with Crippen molar-refractivity contribution in [3.63, 3.8) is 0 Å². The van der Waals surface area contributed by atoms with Crippen LogP contribution in [0.2, 0.25) is 10.0 Å². The van der Waals surface area contributed by atoms with Crippen LogP contribution >= 0.6 is 23.2 Å². The first-order valence-electron chi connectivity index (χ1n) is 12.6. The van der Waals surface area contributed by atoms with Crippen LogP contribution in [0.1, 0.15) is 23.5 Å². The molecule has 0 spiro atoms. The fraction of sp³-hybridized carbons (Fsp3) is 0.286. The molecule has 1 aliphatic heterocycles. The number of hydrogen-bond acceptors (Lipinski definition) is 5. The smallest absolute Gasteiger partial charge is 0.475 e. The molecule has 3 aromatic carbocycles. The standard InChI is InChI=1S/C26H27Cl2N3O3S.C2HF3O2/c27-24-12-11-22(14-25(24)28)35(33,34)31-21-13-20(15-29-16-21)26(32)30-17-23(18-7-3-1-4-8-18)19-9-5-2-6-10-19;3-2(4,5)1(6)7/h1-12,14,20-21,23,29,31H,13,15-17H2,(H,30,32);(H,6,7)/t20-,21+;/m0./s1. The predicted molar refractivity (Wildman–Crippen MR) is 153 cm³/mol. The van der Waals surface area contributed by atoms with Gasteiger partial charge in [-0.2, -0.15) is 13.2 Å². The van der Waals surface area contributed by atoms with Crippen molar-refractivity contribution in [3.05, 3.63) is 100 Å². The molecule has 42 heavy (non-hydrogen) atoms. The number of sulfonamides is 1. The summed E-state index contributed by atoms with van der Waals surface area (Å²) in [4.78, 5) is 22.0. The lowest BCUT2D eigenvalue weighted by molar-refractivity contribution is -0.192. The van der Waals surface area contributed by atoms with Crippen LogP contribution in [0.25, 0.3) is 0 Å². The third-order valence-corrected chi connectivity index (χ3v) is 8.63. The molecule has 0 saturated carbocycles. The average Bonchev–Trinajstić information content (AvgIpc) is 2.95. The van der Waals surface area contributed by atoms with Gasteiger partial charge in [0, 0.05) is 31.6 Å². The molecule has 0 aliphatic carbocycles. The summed E-state index contributed by atoms with van der Waals surface area (Å²) in [7, 11) is -3.81. The number of hydrogen-bond donors (Lipinski definition) is 4. The van der Waals surface area contributed by atoms with Crippen LogP contribution in [0.3, 0.4) is 0 Å². The molecule has 1 fully saturated rings. The highest BCUT2D eigenvalue weighted by Crippen LogP contribution is 2.26. The number of nitrogens with one attached hydrogen (secondary N) is 3. The Morgan fingerprint density at radius 1 is 0.929 bits per heavy atom. The highest BCUT2D eigenvalue weighted by molar-refractivity contribution is 7.89. The molecule has 1 heterocycles. The second kappa shape index (κ2) is 14.8. The van der Waals surface area contributed by atoms with Gasteiger partial charge in [0.1, 0.15) is 0 Å². The van der Waals surface area contributed by atoms with Gasteiger partial charge in [-0.15, -0.1) is 0 Å². The van der Waals surface area contributed by atoms with E-state index in [1.54, 1.807) is 0 Å². The molecule has 4 N–H and O–H groups in total. The number of piperidine rings is 1. The molecule has 14 heteroatoms. The summed E-state index contributed by atoms with van der Waals surface area (Å²) in [5.41, 5.74) is 2.24. The lowest BCUT2D eigenvalue weighted by Crippen LogP contribution is -2.52. The molecule has 2 atom stereocenters. The van der Waals surface area contributed by atoms with Crippen molar-refractivity contribution in [2.75, 3.05) is 19.6 Å². The summed E-state index contributed by atoms with van der Waals surface area (Å²) in [6.07, 6.45) is -4.69. The van der Waals surface area contributed by atoms with Gasteiger partial charge in [-0.25, -0.2) is 17.9 Å². The first-order chi connectivity index (χ1) is 19.8. The van der Waals surface area contributed by atoms with Crippen LogP contribution in [0.4, 0.5) is 13.2 Å². The molecule has 3 aromatic rings. The van der Waals surface area contributed by atoms with E-state index in [0.717, 1.165) is 11.1 Å². The van der Waals surface area contributed by atoms with Gasteiger partial charge in [0.15, 0.2) is 0 Å². The van der Waals surface area contributed by atoms with Gasteiger partial charge in [-0.1, -0.05) is 83.9 Å². The van der Waals surface area contributed by atoms with Gasteiger partial charge < -0.3 is 15.7 Å². The second-order valence-corrected chi connectivity index (χ2v) is 11.9. The molecule has 1 aliphatic rings. The second-order valence-electron chi connectivity index (χ2n) is 9.41. The maximum Gasteiger partial charge on any atom is 0.490 e. The quantitative estimate of drug-likeness (QED) is 0.278. The Labute approximate surface area is 251 Å². The van der Waals surface area contributed by atoms with Crippen LogP contribution < -0.4 is 15.4 Å². The number of alkyl halides is 3. The molecule has 0 bridgehead atoms. The van der Waals surface area contributed by atoms with Gasteiger partial charge >= 0.3 is 12.1 Å². The summed E-state index contributed by atoms with van der Waals surface area (Å²) >= 11 is 11.9. The third-order valence-electron chi connectivity index (χ3n) is 6.37. The van der Waals surface area contributed by atoms with E-state index in [0.29, 0.717) is 26.1 Å². The van der Waals surface area contributed by atoms with Crippen LogP contribution in [0.5, 0.6) is 0 Å². The minimum absolute atomic E-state index is 0.0156. The van der Waals surface area contributed by atoms with E-state index in [1.165, 1.54) is 18.2 Å². The normalized spacial score (nSPS) is 17.2. The van der Waals surface area contributed by atoms with E-state index < -0.39 is 28.2 Å². The minimum atomic E-state index is -5.08. The highest BCUT2D eigenvalue weighted by atomic mass is 35.5. The van der Waals surface area contributed by atoms with Crippen LogP contribution in [-0.2, 0) is 19.6 Å². The summed E-state index contributed by atoms with van der Waals surface area (Å²) in [6, 6.07) is 23.9. The zero-order valence-electron chi connectivity index (χ0n) is 21.9. The Morgan fingerprint density at radius 3 is 1.98 bits per heavy atom. The number of carboxylic acids is 1. The van der Waals surface area contributed by atoms with Crippen molar-refractivity contribution in [1.82, 2.24) is 15.4 Å². The third kappa shape index (κ3) is 9.70. The van der Waals surface area contributed by atoms with Crippen LogP contribution in [0.15, 0.2) is 83.8 Å². The SMILES string of the molecule is O=C(NCC(c1ccccc1)c1ccccc1)[C@@H]1CNC[C@H](NS(=O)(=O)c2ccc(Cl)c(Cl)c2)C1.O=C(O)C(F)(F)F. The van der Waals surface area contributed by atoms with E-state index >= 15 is 0 Å². The molecular weight excluding hydrogens is 618 g/mol. The zero-order valence-corrected chi connectivity index (χ0v) is 24.3. The molecule has 1 amide bonds. The van der Waals surface area contributed by atoms with E-state index in [4.69, 9.17) is 33.1 Å². The van der Waals surface area contributed by atoms with Crippen molar-refractivity contribution in [2.24, 2.45) is 5.92 Å². The molecular formula is C28H28Cl2F3N3O5S. The van der Waals surface area contributed by atoms with Crippen LogP contribution in [-0.4, -0.2) is 57.3 Å². The number of benzene rings is 3. The van der Waals surface area contributed by atoms with Crippen molar-refractivity contribution < 1.29 is 36.3 Å². The predicted octanol–water partition coefficient (Wildman–Crippen LogP) is 4.83. The Hall–Kier alpha value is -3.16. The lowest BCUT2D eigenvalue weighted by atomic mass is 9.90. The first kappa shape index (κ1) is 33.3. The van der Waals surface area contributed by atoms with Gasteiger partial charge in [0.05, 0.1) is 20.9 Å². The van der Waals surface area contributed by atoms with E-state index in [1.807, 2.05) is 36.4 Å². The summed E-state index contributed by atoms with van der Waals surface area (Å²) in [5.74, 6) is -3.21. The number of rotatable bonds is 8. The molecule has 4 rings (SSSR count). The Morgan fingerprint density at radius 2 is 1.48 bits per heavy atom. The molecule has 0 radical (unpaired) electrons. The maximum atomic E-state index is 13.1. The molecule has 8 nitrogen and oxygen atoms in total. The first-order valence-corrected chi connectivity index (χ1v) is 14.9. The number of carboxylic acid groups (broad SMARTS) is 1. The van der Waals surface area contributed by atoms with Gasteiger partial charge in [0.25, 0.3) is 0 Å². The Bertz CT molecular complexity index is 1420. The molecule has 1 saturated heterocycles. The monoisotopic (exact) mass is 645 g/mol. The van der Waals surface area contributed by atoms with Crippen molar-refractivity contribution in [2.45, 2.75) is 29.5 Å². The number of amides is 1. The number of halogens is 5. The average molecular weight is 647 g/mol. The Balaban J connectivity index is 0.000000616. The molecule has 0 aromatic heterocycles.